The lowest BCUT2D eigenvalue weighted by Crippen LogP contribution is -2.14. The highest BCUT2D eigenvalue weighted by Crippen LogP contribution is 2.26. The maximum absolute atomic E-state index is 12.2. The summed E-state index contributed by atoms with van der Waals surface area (Å²) < 4.78 is 0. The van der Waals surface area contributed by atoms with Gasteiger partial charge in [-0.15, -0.1) is 11.3 Å². The summed E-state index contributed by atoms with van der Waals surface area (Å²) in [5, 5.41) is 5.42. The zero-order valence-corrected chi connectivity index (χ0v) is 13.0. The van der Waals surface area contributed by atoms with E-state index in [2.05, 4.69) is 31.1 Å². The molecule has 1 aromatic carbocycles. The van der Waals surface area contributed by atoms with E-state index in [0.717, 1.165) is 11.3 Å². The van der Waals surface area contributed by atoms with Crippen molar-refractivity contribution in [2.75, 3.05) is 11.1 Å². The fraction of sp³-hybridized carbons (Fsp3) is 0.333. The highest BCUT2D eigenvalue weighted by molar-refractivity contribution is 7.14. The van der Waals surface area contributed by atoms with Crippen LogP contribution in [0.1, 0.15) is 42.4 Å². The lowest BCUT2D eigenvalue weighted by atomic mass is 9.93. The van der Waals surface area contributed by atoms with Gasteiger partial charge in [0, 0.05) is 22.0 Å². The van der Waals surface area contributed by atoms with E-state index in [1.54, 1.807) is 18.2 Å². The molecule has 0 aliphatic heterocycles. The van der Waals surface area contributed by atoms with Gasteiger partial charge in [0.1, 0.15) is 0 Å². The first-order valence-electron chi connectivity index (χ1n) is 6.41. The van der Waals surface area contributed by atoms with Crippen LogP contribution in [0.25, 0.3) is 0 Å². The first-order chi connectivity index (χ1) is 9.27. The van der Waals surface area contributed by atoms with Gasteiger partial charge in [0.2, 0.25) is 0 Å². The number of rotatable bonds is 2. The van der Waals surface area contributed by atoms with Gasteiger partial charge < -0.3 is 5.73 Å². The quantitative estimate of drug-likeness (QED) is 0.830. The lowest BCUT2D eigenvalue weighted by Gasteiger charge is -2.14. The summed E-state index contributed by atoms with van der Waals surface area (Å²) in [6.45, 7) is 8.16. The van der Waals surface area contributed by atoms with Crippen LogP contribution in [0, 0.1) is 6.92 Å². The van der Waals surface area contributed by atoms with Crippen molar-refractivity contribution in [3.63, 3.8) is 0 Å². The van der Waals surface area contributed by atoms with E-state index in [9.17, 15) is 4.79 Å². The topological polar surface area (TPSA) is 68.0 Å². The molecule has 106 valence electrons. The van der Waals surface area contributed by atoms with Crippen molar-refractivity contribution in [1.29, 1.82) is 0 Å². The van der Waals surface area contributed by atoms with Crippen LogP contribution in [-0.2, 0) is 5.41 Å². The standard InChI is InChI=1S/C15H19N3OS/c1-9-7-10(5-6-11(9)16)13(19)18-14-17-12(8-20-14)15(2,3)4/h5-8H,16H2,1-4H3,(H,17,18,19). The third-order valence-electron chi connectivity index (χ3n) is 3.03. The largest absolute Gasteiger partial charge is 0.399 e. The predicted octanol–water partition coefficient (Wildman–Crippen LogP) is 3.58. The molecule has 5 heteroatoms. The number of nitrogens with two attached hydrogens (primary N) is 1. The number of hydrogen-bond donors (Lipinski definition) is 2. The van der Waals surface area contributed by atoms with Gasteiger partial charge in [-0.3, -0.25) is 10.1 Å². The molecule has 0 fully saturated rings. The molecule has 0 bridgehead atoms. The smallest absolute Gasteiger partial charge is 0.257 e. The third-order valence-corrected chi connectivity index (χ3v) is 3.78. The summed E-state index contributed by atoms with van der Waals surface area (Å²) in [4.78, 5) is 16.6. The van der Waals surface area contributed by atoms with Gasteiger partial charge in [-0.2, -0.15) is 0 Å². The minimum atomic E-state index is -0.164. The lowest BCUT2D eigenvalue weighted by molar-refractivity contribution is 0.102. The van der Waals surface area contributed by atoms with Crippen molar-refractivity contribution in [1.82, 2.24) is 4.98 Å². The molecule has 0 saturated heterocycles. The molecule has 4 nitrogen and oxygen atoms in total. The number of carbonyl (C=O) groups excluding carboxylic acids is 1. The second kappa shape index (κ2) is 5.25. The van der Waals surface area contributed by atoms with Crippen LogP contribution in [-0.4, -0.2) is 10.9 Å². The van der Waals surface area contributed by atoms with Crippen LogP contribution in [0.4, 0.5) is 10.8 Å². The molecular weight excluding hydrogens is 270 g/mol. The van der Waals surface area contributed by atoms with E-state index >= 15 is 0 Å². The van der Waals surface area contributed by atoms with E-state index in [1.807, 2.05) is 12.3 Å². The number of aromatic nitrogens is 1. The number of nitrogens with one attached hydrogen (secondary N) is 1. The molecule has 0 unspecified atom stereocenters. The van der Waals surface area contributed by atoms with Crippen molar-refractivity contribution in [2.45, 2.75) is 33.1 Å². The molecular formula is C15H19N3OS. The summed E-state index contributed by atoms with van der Waals surface area (Å²) in [5.74, 6) is -0.164. The molecule has 2 aromatic rings. The number of carbonyl (C=O) groups is 1. The Hall–Kier alpha value is -1.88. The first-order valence-corrected chi connectivity index (χ1v) is 7.29. The second-order valence-electron chi connectivity index (χ2n) is 5.81. The van der Waals surface area contributed by atoms with Crippen LogP contribution >= 0.6 is 11.3 Å². The van der Waals surface area contributed by atoms with E-state index in [1.165, 1.54) is 11.3 Å². The summed E-state index contributed by atoms with van der Waals surface area (Å²) in [6.07, 6.45) is 0. The predicted molar refractivity (Wildman–Crippen MR) is 84.4 cm³/mol. The van der Waals surface area contributed by atoms with Gasteiger partial charge in [-0.05, 0) is 30.7 Å². The van der Waals surface area contributed by atoms with Gasteiger partial charge in [-0.1, -0.05) is 20.8 Å². The minimum Gasteiger partial charge on any atom is -0.399 e. The SMILES string of the molecule is Cc1cc(C(=O)Nc2nc(C(C)(C)C)cs2)ccc1N. The zero-order valence-electron chi connectivity index (χ0n) is 12.2. The molecule has 0 spiro atoms. The highest BCUT2D eigenvalue weighted by Gasteiger charge is 2.18. The van der Waals surface area contributed by atoms with E-state index in [0.29, 0.717) is 16.4 Å². The minimum absolute atomic E-state index is 0.0166. The Morgan fingerprint density at radius 3 is 2.60 bits per heavy atom. The molecule has 0 aliphatic carbocycles. The number of hydrogen-bond acceptors (Lipinski definition) is 4. The van der Waals surface area contributed by atoms with Gasteiger partial charge in [0.15, 0.2) is 5.13 Å². The number of aryl methyl sites for hydroxylation is 1. The van der Waals surface area contributed by atoms with Crippen LogP contribution in [0.3, 0.4) is 0 Å². The Labute approximate surface area is 123 Å². The van der Waals surface area contributed by atoms with E-state index < -0.39 is 0 Å². The highest BCUT2D eigenvalue weighted by atomic mass is 32.1. The fourth-order valence-corrected chi connectivity index (χ4v) is 2.59. The molecule has 0 radical (unpaired) electrons. The van der Waals surface area contributed by atoms with Crippen molar-refractivity contribution in [3.05, 3.63) is 40.4 Å². The van der Waals surface area contributed by atoms with Gasteiger partial charge in [0.25, 0.3) is 5.91 Å². The van der Waals surface area contributed by atoms with Gasteiger partial charge >= 0.3 is 0 Å². The molecule has 2 rings (SSSR count). The van der Waals surface area contributed by atoms with E-state index in [-0.39, 0.29) is 11.3 Å². The van der Waals surface area contributed by atoms with Crippen molar-refractivity contribution in [3.8, 4) is 0 Å². The number of nitrogen functional groups attached to an aromatic ring is 1. The monoisotopic (exact) mass is 289 g/mol. The normalized spacial score (nSPS) is 11.4. The summed E-state index contributed by atoms with van der Waals surface area (Å²) in [7, 11) is 0. The van der Waals surface area contributed by atoms with Crippen LogP contribution in [0.5, 0.6) is 0 Å². The number of nitrogens with zero attached hydrogens (tertiary/aromatic N) is 1. The molecule has 1 heterocycles. The number of benzene rings is 1. The fourth-order valence-electron chi connectivity index (χ4n) is 1.66. The number of amides is 1. The van der Waals surface area contributed by atoms with Crippen LogP contribution in [0.15, 0.2) is 23.6 Å². The van der Waals surface area contributed by atoms with E-state index in [4.69, 9.17) is 5.73 Å². The van der Waals surface area contributed by atoms with Crippen molar-refractivity contribution in [2.24, 2.45) is 0 Å². The summed E-state index contributed by atoms with van der Waals surface area (Å²) in [6, 6.07) is 5.24. The van der Waals surface area contributed by atoms with Crippen molar-refractivity contribution < 1.29 is 4.79 Å². The molecule has 1 amide bonds. The average Bonchev–Trinajstić information content (AvgIpc) is 2.81. The summed E-state index contributed by atoms with van der Waals surface area (Å²) >= 11 is 1.44. The number of thiazole rings is 1. The second-order valence-corrected chi connectivity index (χ2v) is 6.67. The Morgan fingerprint density at radius 2 is 2.05 bits per heavy atom. The zero-order chi connectivity index (χ0) is 14.9. The Morgan fingerprint density at radius 1 is 1.35 bits per heavy atom. The van der Waals surface area contributed by atoms with Gasteiger partial charge in [-0.25, -0.2) is 4.98 Å². The maximum atomic E-state index is 12.2. The Balaban J connectivity index is 2.15. The van der Waals surface area contributed by atoms with Gasteiger partial charge in [0.05, 0.1) is 5.69 Å². The van der Waals surface area contributed by atoms with Crippen LogP contribution < -0.4 is 11.1 Å². The summed E-state index contributed by atoms with van der Waals surface area (Å²) in [5.41, 5.74) is 8.88. The third kappa shape index (κ3) is 3.17. The molecule has 1 aromatic heterocycles. The van der Waals surface area contributed by atoms with Crippen LogP contribution in [0.2, 0.25) is 0 Å². The first kappa shape index (κ1) is 14.5. The number of anilines is 2. The molecule has 0 atom stereocenters. The molecule has 0 aliphatic rings. The average molecular weight is 289 g/mol. The maximum Gasteiger partial charge on any atom is 0.257 e. The van der Waals surface area contributed by atoms with Crippen molar-refractivity contribution >= 4 is 28.1 Å². The molecule has 20 heavy (non-hydrogen) atoms. The Kier molecular flexibility index (Phi) is 3.81. The molecule has 0 saturated carbocycles. The molecule has 3 N–H and O–H groups in total. The Bertz CT molecular complexity index is 641.